The molecule has 1 aliphatic heterocycles. The van der Waals surface area contributed by atoms with Gasteiger partial charge in [0.05, 0.1) is 0 Å². The van der Waals surface area contributed by atoms with Gasteiger partial charge in [0.25, 0.3) is 0 Å². The Hall–Kier alpha value is -2.62. The van der Waals surface area contributed by atoms with E-state index >= 15 is 0 Å². The molecule has 0 fully saturated rings. The highest BCUT2D eigenvalue weighted by Crippen LogP contribution is 2.30. The summed E-state index contributed by atoms with van der Waals surface area (Å²) in [6.45, 7) is 4.35. The van der Waals surface area contributed by atoms with Gasteiger partial charge in [-0.15, -0.1) is 0 Å². The maximum absolute atomic E-state index is 12.2. The molecule has 2 amide bonds. The van der Waals surface area contributed by atoms with Gasteiger partial charge in [-0.1, -0.05) is 29.8 Å². The summed E-state index contributed by atoms with van der Waals surface area (Å²) in [6, 6.07) is 14.0. The highest BCUT2D eigenvalue weighted by atomic mass is 16.2. The summed E-state index contributed by atoms with van der Waals surface area (Å²) in [5.74, 6) is 0.0709. The van der Waals surface area contributed by atoms with E-state index in [1.807, 2.05) is 30.3 Å². The Labute approximate surface area is 142 Å². The van der Waals surface area contributed by atoms with E-state index in [9.17, 15) is 9.59 Å². The molecule has 1 aliphatic rings. The van der Waals surface area contributed by atoms with Crippen LogP contribution in [0.4, 0.5) is 11.4 Å². The van der Waals surface area contributed by atoms with Crippen molar-refractivity contribution in [1.29, 1.82) is 0 Å². The Morgan fingerprint density at radius 1 is 1.17 bits per heavy atom. The quantitative estimate of drug-likeness (QED) is 0.937. The predicted molar refractivity (Wildman–Crippen MR) is 96.3 cm³/mol. The van der Waals surface area contributed by atoms with Crippen LogP contribution < -0.4 is 10.2 Å². The zero-order valence-electron chi connectivity index (χ0n) is 14.1. The van der Waals surface area contributed by atoms with Gasteiger partial charge in [-0.25, -0.2) is 0 Å². The number of rotatable bonds is 4. The fourth-order valence-corrected chi connectivity index (χ4v) is 3.16. The molecule has 0 spiro atoms. The summed E-state index contributed by atoms with van der Waals surface area (Å²) >= 11 is 0. The largest absolute Gasteiger partial charge is 0.326 e. The van der Waals surface area contributed by atoms with Crippen LogP contribution in [-0.4, -0.2) is 18.4 Å². The standard InChI is InChI=1S/C20H22N2O2/c1-14-4-3-5-16(12-14)6-9-20(24)21-18-7-8-19-17(13-18)10-11-22(19)15(2)23/h3-5,7-8,12-13H,6,9-11H2,1-2H3,(H,21,24). The first kappa shape index (κ1) is 16.2. The molecule has 0 saturated heterocycles. The fourth-order valence-electron chi connectivity index (χ4n) is 3.16. The lowest BCUT2D eigenvalue weighted by Gasteiger charge is -2.15. The van der Waals surface area contributed by atoms with Crippen LogP contribution in [0.15, 0.2) is 42.5 Å². The molecule has 124 valence electrons. The second-order valence-electron chi connectivity index (χ2n) is 6.30. The Morgan fingerprint density at radius 2 is 2.00 bits per heavy atom. The van der Waals surface area contributed by atoms with Gasteiger partial charge in [0.1, 0.15) is 0 Å². The lowest BCUT2D eigenvalue weighted by molar-refractivity contribution is -0.117. The van der Waals surface area contributed by atoms with Crippen molar-refractivity contribution in [3.05, 3.63) is 59.2 Å². The normalized spacial score (nSPS) is 12.8. The smallest absolute Gasteiger partial charge is 0.224 e. The van der Waals surface area contributed by atoms with Crippen LogP contribution in [-0.2, 0) is 22.4 Å². The molecular formula is C20H22N2O2. The first-order valence-corrected chi connectivity index (χ1v) is 8.29. The van der Waals surface area contributed by atoms with E-state index in [0.29, 0.717) is 6.42 Å². The molecule has 1 N–H and O–H groups in total. The van der Waals surface area contributed by atoms with Gasteiger partial charge in [0.15, 0.2) is 0 Å². The summed E-state index contributed by atoms with van der Waals surface area (Å²) in [7, 11) is 0. The maximum Gasteiger partial charge on any atom is 0.224 e. The number of hydrogen-bond acceptors (Lipinski definition) is 2. The number of nitrogens with zero attached hydrogens (tertiary/aromatic N) is 1. The molecule has 3 rings (SSSR count). The number of aryl methyl sites for hydroxylation is 2. The SMILES string of the molecule is CC(=O)N1CCc2cc(NC(=O)CCc3cccc(C)c3)ccc21. The number of carbonyl (C=O) groups is 2. The van der Waals surface area contributed by atoms with Crippen LogP contribution in [0.2, 0.25) is 0 Å². The molecule has 2 aromatic carbocycles. The third kappa shape index (κ3) is 3.65. The van der Waals surface area contributed by atoms with Crippen molar-refractivity contribution in [2.75, 3.05) is 16.8 Å². The highest BCUT2D eigenvalue weighted by Gasteiger charge is 2.22. The van der Waals surface area contributed by atoms with Gasteiger partial charge in [0, 0.05) is 31.3 Å². The molecule has 4 nitrogen and oxygen atoms in total. The highest BCUT2D eigenvalue weighted by molar-refractivity contribution is 5.95. The molecule has 24 heavy (non-hydrogen) atoms. The van der Waals surface area contributed by atoms with Crippen molar-refractivity contribution in [3.8, 4) is 0 Å². The van der Waals surface area contributed by atoms with Crippen molar-refractivity contribution >= 4 is 23.2 Å². The molecule has 0 saturated carbocycles. The summed E-state index contributed by atoms with van der Waals surface area (Å²) < 4.78 is 0. The number of hydrogen-bond donors (Lipinski definition) is 1. The van der Waals surface area contributed by atoms with Crippen molar-refractivity contribution in [1.82, 2.24) is 0 Å². The number of anilines is 2. The van der Waals surface area contributed by atoms with Crippen LogP contribution in [0.5, 0.6) is 0 Å². The van der Waals surface area contributed by atoms with Gasteiger partial charge in [-0.2, -0.15) is 0 Å². The van der Waals surface area contributed by atoms with E-state index in [4.69, 9.17) is 0 Å². The minimum atomic E-state index is 0.0119. The molecule has 0 bridgehead atoms. The number of fused-ring (bicyclic) bond motifs is 1. The molecule has 2 aromatic rings. The third-order valence-electron chi connectivity index (χ3n) is 4.36. The molecule has 0 radical (unpaired) electrons. The second kappa shape index (κ2) is 6.87. The van der Waals surface area contributed by atoms with Crippen molar-refractivity contribution in [3.63, 3.8) is 0 Å². The van der Waals surface area contributed by atoms with E-state index in [2.05, 4.69) is 24.4 Å². The molecular weight excluding hydrogens is 300 g/mol. The summed E-state index contributed by atoms with van der Waals surface area (Å²) in [5.41, 5.74) is 5.26. The average Bonchev–Trinajstić information content (AvgIpc) is 2.96. The van der Waals surface area contributed by atoms with E-state index in [1.165, 1.54) is 11.1 Å². The van der Waals surface area contributed by atoms with Gasteiger partial charge in [-0.05, 0) is 49.1 Å². The zero-order chi connectivity index (χ0) is 17.1. The zero-order valence-corrected chi connectivity index (χ0v) is 14.1. The molecule has 0 aliphatic carbocycles. The van der Waals surface area contributed by atoms with Gasteiger partial charge in [-0.3, -0.25) is 9.59 Å². The first-order chi connectivity index (χ1) is 11.5. The summed E-state index contributed by atoms with van der Waals surface area (Å²) in [4.78, 5) is 25.5. The number of nitrogens with one attached hydrogen (secondary N) is 1. The van der Waals surface area contributed by atoms with E-state index < -0.39 is 0 Å². The maximum atomic E-state index is 12.2. The van der Waals surface area contributed by atoms with Crippen LogP contribution in [0.25, 0.3) is 0 Å². The predicted octanol–water partition coefficient (Wildman–Crippen LogP) is 3.48. The number of carbonyl (C=O) groups excluding carboxylic acids is 2. The van der Waals surface area contributed by atoms with Crippen LogP contribution in [0, 0.1) is 6.92 Å². The third-order valence-corrected chi connectivity index (χ3v) is 4.36. The lowest BCUT2D eigenvalue weighted by Crippen LogP contribution is -2.25. The fraction of sp³-hybridized carbons (Fsp3) is 0.300. The number of benzene rings is 2. The minimum Gasteiger partial charge on any atom is -0.326 e. The molecule has 0 unspecified atom stereocenters. The van der Waals surface area contributed by atoms with Crippen LogP contribution in [0.3, 0.4) is 0 Å². The van der Waals surface area contributed by atoms with Crippen LogP contribution in [0.1, 0.15) is 30.0 Å². The lowest BCUT2D eigenvalue weighted by atomic mass is 10.1. The van der Waals surface area contributed by atoms with Crippen LogP contribution >= 0.6 is 0 Å². The van der Waals surface area contributed by atoms with Gasteiger partial charge < -0.3 is 10.2 Å². The van der Waals surface area contributed by atoms with Crippen molar-refractivity contribution < 1.29 is 9.59 Å². The Bertz CT molecular complexity index is 783. The van der Waals surface area contributed by atoms with E-state index in [1.54, 1.807) is 11.8 Å². The summed E-state index contributed by atoms with van der Waals surface area (Å²) in [6.07, 6.45) is 2.03. The summed E-state index contributed by atoms with van der Waals surface area (Å²) in [5, 5.41) is 2.96. The average molecular weight is 322 g/mol. The monoisotopic (exact) mass is 322 g/mol. The molecule has 0 atom stereocenters. The second-order valence-corrected chi connectivity index (χ2v) is 6.30. The van der Waals surface area contributed by atoms with E-state index in [0.717, 1.165) is 36.3 Å². The van der Waals surface area contributed by atoms with E-state index in [-0.39, 0.29) is 11.8 Å². The first-order valence-electron chi connectivity index (χ1n) is 8.29. The van der Waals surface area contributed by atoms with Crippen molar-refractivity contribution in [2.45, 2.75) is 33.1 Å². The minimum absolute atomic E-state index is 0.0119. The Balaban J connectivity index is 1.60. The number of amides is 2. The Kier molecular flexibility index (Phi) is 4.65. The molecule has 0 aromatic heterocycles. The molecule has 4 heteroatoms. The van der Waals surface area contributed by atoms with Gasteiger partial charge >= 0.3 is 0 Å². The van der Waals surface area contributed by atoms with Gasteiger partial charge in [0.2, 0.25) is 11.8 Å². The molecule has 1 heterocycles. The van der Waals surface area contributed by atoms with Crippen molar-refractivity contribution in [2.24, 2.45) is 0 Å². The topological polar surface area (TPSA) is 49.4 Å². The Morgan fingerprint density at radius 3 is 2.75 bits per heavy atom.